The maximum atomic E-state index is 5.79. The molecule has 0 aliphatic carbocycles. The third-order valence-electron chi connectivity index (χ3n) is 3.44. The lowest BCUT2D eigenvalue weighted by molar-refractivity contribution is 0.415. The Morgan fingerprint density at radius 2 is 2.10 bits per heavy atom. The molecule has 108 valence electrons. The SMILES string of the molecule is COc1cccc(N(C)Cc2nc3ccc(N)cc3[nH]2)c1. The Labute approximate surface area is 123 Å². The van der Waals surface area contributed by atoms with E-state index in [9.17, 15) is 0 Å². The van der Waals surface area contributed by atoms with E-state index in [-0.39, 0.29) is 0 Å². The van der Waals surface area contributed by atoms with Crippen LogP contribution in [0.3, 0.4) is 0 Å². The van der Waals surface area contributed by atoms with E-state index in [1.807, 2.05) is 49.5 Å². The van der Waals surface area contributed by atoms with Crippen LogP contribution in [0.4, 0.5) is 11.4 Å². The van der Waals surface area contributed by atoms with Crippen molar-refractivity contribution < 1.29 is 4.74 Å². The quantitative estimate of drug-likeness (QED) is 0.722. The van der Waals surface area contributed by atoms with Crippen LogP contribution in [0.5, 0.6) is 5.75 Å². The van der Waals surface area contributed by atoms with Gasteiger partial charge in [-0.25, -0.2) is 4.98 Å². The van der Waals surface area contributed by atoms with E-state index in [0.717, 1.165) is 34.0 Å². The number of nitrogens with two attached hydrogens (primary N) is 1. The Bertz CT molecular complexity index is 766. The van der Waals surface area contributed by atoms with Crippen LogP contribution in [0.15, 0.2) is 42.5 Å². The molecule has 3 rings (SSSR count). The van der Waals surface area contributed by atoms with E-state index in [1.165, 1.54) is 0 Å². The summed E-state index contributed by atoms with van der Waals surface area (Å²) in [5.41, 5.74) is 9.49. The number of fused-ring (bicyclic) bond motifs is 1. The number of ether oxygens (including phenoxy) is 1. The van der Waals surface area contributed by atoms with Crippen molar-refractivity contribution in [1.82, 2.24) is 9.97 Å². The number of nitrogens with zero attached hydrogens (tertiary/aromatic N) is 2. The number of aromatic nitrogens is 2. The molecular weight excluding hydrogens is 264 g/mol. The zero-order valence-electron chi connectivity index (χ0n) is 12.1. The molecule has 0 amide bonds. The third-order valence-corrected chi connectivity index (χ3v) is 3.44. The average molecular weight is 282 g/mol. The number of benzene rings is 2. The number of hydrogen-bond donors (Lipinski definition) is 2. The van der Waals surface area contributed by atoms with Gasteiger partial charge in [-0.15, -0.1) is 0 Å². The van der Waals surface area contributed by atoms with Crippen molar-refractivity contribution in [3.63, 3.8) is 0 Å². The minimum Gasteiger partial charge on any atom is -0.497 e. The van der Waals surface area contributed by atoms with Crippen molar-refractivity contribution in [2.45, 2.75) is 6.54 Å². The van der Waals surface area contributed by atoms with Gasteiger partial charge in [0.15, 0.2) is 0 Å². The Hall–Kier alpha value is -2.69. The van der Waals surface area contributed by atoms with Crippen LogP contribution >= 0.6 is 0 Å². The Kier molecular flexibility index (Phi) is 3.39. The van der Waals surface area contributed by atoms with Gasteiger partial charge in [-0.1, -0.05) is 6.07 Å². The Balaban J connectivity index is 1.83. The molecular formula is C16H18N4O. The van der Waals surface area contributed by atoms with E-state index in [1.54, 1.807) is 7.11 Å². The maximum absolute atomic E-state index is 5.79. The number of rotatable bonds is 4. The summed E-state index contributed by atoms with van der Waals surface area (Å²) < 4.78 is 5.25. The zero-order chi connectivity index (χ0) is 14.8. The smallest absolute Gasteiger partial charge is 0.126 e. The molecule has 21 heavy (non-hydrogen) atoms. The van der Waals surface area contributed by atoms with Crippen LogP contribution in [0, 0.1) is 0 Å². The Morgan fingerprint density at radius 3 is 2.90 bits per heavy atom. The summed E-state index contributed by atoms with van der Waals surface area (Å²) in [7, 11) is 3.69. The normalized spacial score (nSPS) is 10.8. The van der Waals surface area contributed by atoms with Gasteiger partial charge in [0.05, 0.1) is 24.7 Å². The summed E-state index contributed by atoms with van der Waals surface area (Å²) in [6.45, 7) is 0.682. The van der Waals surface area contributed by atoms with Crippen molar-refractivity contribution in [2.24, 2.45) is 0 Å². The molecule has 0 atom stereocenters. The highest BCUT2D eigenvalue weighted by atomic mass is 16.5. The van der Waals surface area contributed by atoms with Gasteiger partial charge < -0.3 is 20.4 Å². The first-order chi connectivity index (χ1) is 10.2. The van der Waals surface area contributed by atoms with Crippen LogP contribution in [-0.4, -0.2) is 24.1 Å². The second-order valence-corrected chi connectivity index (χ2v) is 5.02. The molecule has 0 saturated carbocycles. The van der Waals surface area contributed by atoms with Gasteiger partial charge >= 0.3 is 0 Å². The lowest BCUT2D eigenvalue weighted by Gasteiger charge is -2.18. The largest absolute Gasteiger partial charge is 0.497 e. The molecule has 0 bridgehead atoms. The second-order valence-electron chi connectivity index (χ2n) is 5.02. The third kappa shape index (κ3) is 2.76. The molecule has 0 unspecified atom stereocenters. The summed E-state index contributed by atoms with van der Waals surface area (Å²) >= 11 is 0. The molecule has 0 radical (unpaired) electrons. The first kappa shape index (κ1) is 13.3. The predicted molar refractivity (Wildman–Crippen MR) is 85.6 cm³/mol. The second kappa shape index (κ2) is 5.36. The molecule has 0 fully saturated rings. The monoisotopic (exact) mass is 282 g/mol. The molecule has 5 nitrogen and oxygen atoms in total. The first-order valence-corrected chi connectivity index (χ1v) is 6.75. The summed E-state index contributed by atoms with van der Waals surface area (Å²) in [5, 5.41) is 0. The van der Waals surface area contributed by atoms with Crippen molar-refractivity contribution in [3.05, 3.63) is 48.3 Å². The molecule has 5 heteroatoms. The predicted octanol–water partition coefficient (Wildman–Crippen LogP) is 2.79. The van der Waals surface area contributed by atoms with Crippen molar-refractivity contribution >= 4 is 22.4 Å². The molecule has 1 aromatic heterocycles. The number of methoxy groups -OCH3 is 1. The molecule has 2 aromatic carbocycles. The number of imidazole rings is 1. The van der Waals surface area contributed by atoms with Gasteiger partial charge in [0.2, 0.25) is 0 Å². The van der Waals surface area contributed by atoms with E-state index in [0.29, 0.717) is 6.54 Å². The molecule has 3 N–H and O–H groups in total. The van der Waals surface area contributed by atoms with Crippen molar-refractivity contribution in [1.29, 1.82) is 0 Å². The number of nitrogen functional groups attached to an aromatic ring is 1. The van der Waals surface area contributed by atoms with Crippen LogP contribution < -0.4 is 15.4 Å². The fourth-order valence-corrected chi connectivity index (χ4v) is 2.32. The van der Waals surface area contributed by atoms with E-state index in [2.05, 4.69) is 14.9 Å². The van der Waals surface area contributed by atoms with Gasteiger partial charge in [0, 0.05) is 24.5 Å². The highest BCUT2D eigenvalue weighted by molar-refractivity contribution is 5.78. The average Bonchev–Trinajstić information content (AvgIpc) is 2.88. The standard InChI is InChI=1S/C16H18N4O/c1-20(12-4-3-5-13(9-12)21-2)10-16-18-14-7-6-11(17)8-15(14)19-16/h3-9H,10,17H2,1-2H3,(H,18,19). The van der Waals surface area contributed by atoms with Gasteiger partial charge in [-0.2, -0.15) is 0 Å². The topological polar surface area (TPSA) is 67.2 Å². The molecule has 1 heterocycles. The molecule has 3 aromatic rings. The first-order valence-electron chi connectivity index (χ1n) is 6.75. The maximum Gasteiger partial charge on any atom is 0.126 e. The molecule has 0 saturated heterocycles. The van der Waals surface area contributed by atoms with Crippen molar-refractivity contribution in [3.8, 4) is 5.75 Å². The fourth-order valence-electron chi connectivity index (χ4n) is 2.32. The molecule has 0 aliphatic heterocycles. The van der Waals surface area contributed by atoms with Gasteiger partial charge in [-0.3, -0.25) is 0 Å². The Morgan fingerprint density at radius 1 is 1.24 bits per heavy atom. The lowest BCUT2D eigenvalue weighted by atomic mass is 10.3. The zero-order valence-corrected chi connectivity index (χ0v) is 12.1. The van der Waals surface area contributed by atoms with Gasteiger partial charge in [0.25, 0.3) is 0 Å². The minimum atomic E-state index is 0.682. The number of nitrogens with one attached hydrogen (secondary N) is 1. The number of aromatic amines is 1. The summed E-state index contributed by atoms with van der Waals surface area (Å²) in [4.78, 5) is 9.99. The van der Waals surface area contributed by atoms with Crippen LogP contribution in [0.1, 0.15) is 5.82 Å². The number of H-pyrrole nitrogens is 1. The summed E-state index contributed by atoms with van der Waals surface area (Å²) in [5.74, 6) is 1.75. The van der Waals surface area contributed by atoms with Gasteiger partial charge in [0.1, 0.15) is 11.6 Å². The number of hydrogen-bond acceptors (Lipinski definition) is 4. The van der Waals surface area contributed by atoms with Crippen molar-refractivity contribution in [2.75, 3.05) is 24.8 Å². The van der Waals surface area contributed by atoms with E-state index in [4.69, 9.17) is 10.5 Å². The molecule has 0 spiro atoms. The van der Waals surface area contributed by atoms with E-state index < -0.39 is 0 Å². The highest BCUT2D eigenvalue weighted by Gasteiger charge is 2.08. The fraction of sp³-hybridized carbons (Fsp3) is 0.188. The summed E-state index contributed by atoms with van der Waals surface area (Å²) in [6, 6.07) is 13.6. The summed E-state index contributed by atoms with van der Waals surface area (Å²) in [6.07, 6.45) is 0. The highest BCUT2D eigenvalue weighted by Crippen LogP contribution is 2.22. The van der Waals surface area contributed by atoms with Gasteiger partial charge in [-0.05, 0) is 30.3 Å². The van der Waals surface area contributed by atoms with E-state index >= 15 is 0 Å². The van der Waals surface area contributed by atoms with Crippen LogP contribution in [0.2, 0.25) is 0 Å². The van der Waals surface area contributed by atoms with Crippen LogP contribution in [0.25, 0.3) is 11.0 Å². The van der Waals surface area contributed by atoms with Crippen LogP contribution in [-0.2, 0) is 6.54 Å². The lowest BCUT2D eigenvalue weighted by Crippen LogP contribution is -2.17. The number of anilines is 2. The molecule has 0 aliphatic rings. The minimum absolute atomic E-state index is 0.682.